The number of halogens is 1. The van der Waals surface area contributed by atoms with Crippen molar-refractivity contribution in [2.45, 2.75) is 32.6 Å². The molecule has 1 fully saturated rings. The van der Waals surface area contributed by atoms with Gasteiger partial charge in [-0.3, -0.25) is 14.9 Å². The summed E-state index contributed by atoms with van der Waals surface area (Å²) in [5.74, 6) is -2.32. The van der Waals surface area contributed by atoms with E-state index in [0.29, 0.717) is 10.6 Å². The van der Waals surface area contributed by atoms with E-state index in [-0.39, 0.29) is 12.5 Å². The van der Waals surface area contributed by atoms with Crippen molar-refractivity contribution in [2.24, 2.45) is 5.92 Å². The average molecular weight is 376 g/mol. The van der Waals surface area contributed by atoms with Gasteiger partial charge in [0.1, 0.15) is 6.04 Å². The normalized spacial score (nSPS) is 21.7. The number of amides is 1. The molecule has 24 heavy (non-hydrogen) atoms. The lowest BCUT2D eigenvalue weighted by molar-refractivity contribution is -0.141. The van der Waals surface area contributed by atoms with Crippen molar-refractivity contribution < 1.29 is 23.1 Å². The largest absolute Gasteiger partial charge is 0.480 e. The van der Waals surface area contributed by atoms with Gasteiger partial charge >= 0.3 is 16.2 Å². The molecule has 1 aromatic carbocycles. The zero-order chi connectivity index (χ0) is 18.1. The van der Waals surface area contributed by atoms with Crippen molar-refractivity contribution in [1.29, 1.82) is 0 Å². The van der Waals surface area contributed by atoms with E-state index in [1.807, 2.05) is 4.72 Å². The Morgan fingerprint density at radius 3 is 2.67 bits per heavy atom. The number of nitrogens with one attached hydrogen (secondary N) is 2. The fourth-order valence-electron chi connectivity index (χ4n) is 2.38. The van der Waals surface area contributed by atoms with Crippen molar-refractivity contribution in [3.05, 3.63) is 34.9 Å². The van der Waals surface area contributed by atoms with Crippen LogP contribution in [0, 0.1) is 5.92 Å². The van der Waals surface area contributed by atoms with Gasteiger partial charge in [0.2, 0.25) is 0 Å². The van der Waals surface area contributed by atoms with E-state index in [1.165, 1.54) is 0 Å². The van der Waals surface area contributed by atoms with Gasteiger partial charge < -0.3 is 5.11 Å². The third kappa shape index (κ3) is 4.04. The molecule has 132 valence electrons. The molecule has 10 heteroatoms. The molecule has 2 atom stereocenters. The second-order valence-corrected chi connectivity index (χ2v) is 7.84. The molecule has 1 amide bonds. The fraction of sp³-hybridized carbons (Fsp3) is 0.429. The van der Waals surface area contributed by atoms with Gasteiger partial charge in [-0.2, -0.15) is 12.7 Å². The number of carbonyl (C=O) groups is 2. The summed E-state index contributed by atoms with van der Waals surface area (Å²) in [6, 6.07) is 5.47. The molecule has 1 saturated heterocycles. The third-order valence-corrected chi connectivity index (χ3v) is 5.22. The molecule has 1 aromatic rings. The van der Waals surface area contributed by atoms with Gasteiger partial charge in [-0.15, -0.1) is 0 Å². The molecule has 0 saturated carbocycles. The summed E-state index contributed by atoms with van der Waals surface area (Å²) in [5.41, 5.74) is 0.575. The molecular weight excluding hydrogens is 358 g/mol. The van der Waals surface area contributed by atoms with Gasteiger partial charge in [0.05, 0.1) is 0 Å². The molecule has 0 aliphatic carbocycles. The fourth-order valence-corrected chi connectivity index (χ4v) is 3.83. The lowest BCUT2D eigenvalue weighted by atomic mass is 10.0. The Hall–Kier alpha value is -1.68. The summed E-state index contributed by atoms with van der Waals surface area (Å²) >= 11 is 5.89. The highest BCUT2D eigenvalue weighted by Crippen LogP contribution is 2.20. The van der Waals surface area contributed by atoms with Crippen LogP contribution in [0.25, 0.3) is 0 Å². The third-order valence-electron chi connectivity index (χ3n) is 3.57. The number of aliphatic carboxylic acids is 1. The number of carboxylic acid groups (broad SMARTS) is 1. The van der Waals surface area contributed by atoms with Crippen LogP contribution in [0.1, 0.15) is 19.4 Å². The molecule has 1 aliphatic heterocycles. The number of benzene rings is 1. The summed E-state index contributed by atoms with van der Waals surface area (Å²) in [6.45, 7) is 3.20. The van der Waals surface area contributed by atoms with Crippen LogP contribution in [0.5, 0.6) is 0 Å². The molecule has 0 spiro atoms. The minimum atomic E-state index is -4.06. The Kier molecular flexibility index (Phi) is 5.49. The molecule has 1 aliphatic rings. The van der Waals surface area contributed by atoms with Crippen molar-refractivity contribution in [3.63, 3.8) is 0 Å². The number of carboxylic acids is 1. The predicted molar refractivity (Wildman–Crippen MR) is 87.2 cm³/mol. The molecule has 1 heterocycles. The van der Waals surface area contributed by atoms with E-state index in [9.17, 15) is 23.1 Å². The molecule has 3 N–H and O–H groups in total. The maximum atomic E-state index is 12.2. The number of carbonyl (C=O) groups excluding carboxylic acids is 1. The quantitative estimate of drug-likeness (QED) is 0.668. The summed E-state index contributed by atoms with van der Waals surface area (Å²) in [7, 11) is -4.06. The summed E-state index contributed by atoms with van der Waals surface area (Å²) in [5, 5.41) is 12.3. The van der Waals surface area contributed by atoms with Crippen LogP contribution in [-0.4, -0.2) is 41.9 Å². The van der Waals surface area contributed by atoms with E-state index in [1.54, 1.807) is 38.1 Å². The van der Waals surface area contributed by atoms with E-state index in [0.717, 1.165) is 4.31 Å². The summed E-state index contributed by atoms with van der Waals surface area (Å²) in [6.07, 6.45) is -1.31. The van der Waals surface area contributed by atoms with Gasteiger partial charge in [0.15, 0.2) is 6.17 Å². The topological polar surface area (TPSA) is 116 Å². The average Bonchev–Trinajstić information content (AvgIpc) is 2.65. The number of hydrogen-bond donors (Lipinski definition) is 3. The smallest absolute Gasteiger partial charge is 0.321 e. The van der Waals surface area contributed by atoms with Crippen LogP contribution in [0.3, 0.4) is 0 Å². The van der Waals surface area contributed by atoms with Crippen LogP contribution in [0.2, 0.25) is 5.02 Å². The van der Waals surface area contributed by atoms with E-state index in [4.69, 9.17) is 11.6 Å². The molecule has 0 radical (unpaired) electrons. The van der Waals surface area contributed by atoms with Crippen LogP contribution < -0.4 is 10.0 Å². The Labute approximate surface area is 145 Å². The van der Waals surface area contributed by atoms with Crippen LogP contribution in [0.15, 0.2) is 24.3 Å². The second-order valence-electron chi connectivity index (χ2n) is 5.78. The lowest BCUT2D eigenvalue weighted by Gasteiger charge is -2.26. The lowest BCUT2D eigenvalue weighted by Crippen LogP contribution is -2.54. The maximum absolute atomic E-state index is 12.2. The van der Waals surface area contributed by atoms with Crippen molar-refractivity contribution >= 4 is 33.7 Å². The van der Waals surface area contributed by atoms with Gasteiger partial charge in [0.25, 0.3) is 5.91 Å². The maximum Gasteiger partial charge on any atom is 0.321 e. The highest BCUT2D eigenvalue weighted by molar-refractivity contribution is 7.88. The minimum Gasteiger partial charge on any atom is -0.480 e. The predicted octanol–water partition coefficient (Wildman–Crippen LogP) is 0.541. The van der Waals surface area contributed by atoms with Crippen LogP contribution >= 0.6 is 11.6 Å². The van der Waals surface area contributed by atoms with E-state index in [2.05, 4.69) is 5.32 Å². The van der Waals surface area contributed by atoms with Gasteiger partial charge in [-0.25, -0.2) is 4.72 Å². The first kappa shape index (κ1) is 18.7. The number of nitrogens with zero attached hydrogens (tertiary/aromatic N) is 1. The van der Waals surface area contributed by atoms with Crippen LogP contribution in [-0.2, 0) is 26.3 Å². The van der Waals surface area contributed by atoms with E-state index >= 15 is 0 Å². The summed E-state index contributed by atoms with van der Waals surface area (Å²) in [4.78, 5) is 23.4. The van der Waals surface area contributed by atoms with Gasteiger partial charge in [-0.05, 0) is 23.6 Å². The molecular formula is C14H18ClN3O5S. The molecule has 8 nitrogen and oxygen atoms in total. The Morgan fingerprint density at radius 1 is 1.46 bits per heavy atom. The van der Waals surface area contributed by atoms with Crippen molar-refractivity contribution in [3.8, 4) is 0 Å². The van der Waals surface area contributed by atoms with Gasteiger partial charge in [-0.1, -0.05) is 37.6 Å². The second kappa shape index (κ2) is 7.06. The number of hydrogen-bond acceptors (Lipinski definition) is 5. The first-order valence-electron chi connectivity index (χ1n) is 7.18. The minimum absolute atomic E-state index is 0.121. The first-order valence-corrected chi connectivity index (χ1v) is 9.00. The molecule has 0 unspecified atom stereocenters. The number of rotatable bonds is 6. The molecule has 0 aromatic heterocycles. The van der Waals surface area contributed by atoms with Crippen molar-refractivity contribution in [1.82, 2.24) is 14.3 Å². The molecule has 0 bridgehead atoms. The van der Waals surface area contributed by atoms with Gasteiger partial charge in [0, 0.05) is 11.6 Å². The summed E-state index contributed by atoms with van der Waals surface area (Å²) < 4.78 is 27.1. The highest BCUT2D eigenvalue weighted by atomic mass is 35.5. The first-order chi connectivity index (χ1) is 11.1. The standard InChI is InChI=1S/C14H18ClN3O5S/c1-8(2)11(14(20)21)16-12-13(19)17-24(22,23)18(12)7-9-4-3-5-10(15)6-9/h3-6,8,11-12,16H,7H2,1-2H3,(H,17,19)(H,20,21)/t11-,12+/m0/s1. The molecule has 2 rings (SSSR count). The monoisotopic (exact) mass is 375 g/mol. The zero-order valence-corrected chi connectivity index (χ0v) is 14.6. The van der Waals surface area contributed by atoms with E-state index < -0.39 is 34.3 Å². The Morgan fingerprint density at radius 2 is 2.12 bits per heavy atom. The zero-order valence-electron chi connectivity index (χ0n) is 13.1. The Bertz CT molecular complexity index is 753. The van der Waals surface area contributed by atoms with Crippen molar-refractivity contribution in [2.75, 3.05) is 0 Å². The van der Waals surface area contributed by atoms with Crippen LogP contribution in [0.4, 0.5) is 0 Å². The SMILES string of the molecule is CC(C)[C@H](N[C@H]1C(=O)NS(=O)(=O)N1Cc1cccc(Cl)c1)C(=O)O. The Balaban J connectivity index is 2.30. The highest BCUT2D eigenvalue weighted by Gasteiger charge is 2.45.